The summed E-state index contributed by atoms with van der Waals surface area (Å²) >= 11 is 0. The topological polar surface area (TPSA) is 95.5 Å². The summed E-state index contributed by atoms with van der Waals surface area (Å²) in [7, 11) is 0. The lowest BCUT2D eigenvalue weighted by atomic mass is 10.1. The van der Waals surface area contributed by atoms with Gasteiger partial charge in [0.25, 0.3) is 11.8 Å². The predicted molar refractivity (Wildman–Crippen MR) is 102 cm³/mol. The molecule has 0 spiro atoms. The molecule has 1 fully saturated rings. The molecule has 2 aromatic rings. The molecule has 1 aliphatic rings. The number of carbonyl (C=O) groups is 3. The van der Waals surface area contributed by atoms with Crippen LogP contribution in [0.1, 0.15) is 45.5 Å². The van der Waals surface area contributed by atoms with Crippen molar-refractivity contribution in [2.24, 2.45) is 5.92 Å². The molecule has 2 aromatic carbocycles. The Labute approximate surface area is 157 Å². The number of carboxylic acids is 1. The van der Waals surface area contributed by atoms with E-state index in [0.717, 1.165) is 5.56 Å². The quantitative estimate of drug-likeness (QED) is 0.757. The second-order valence-electron chi connectivity index (χ2n) is 6.87. The van der Waals surface area contributed by atoms with Crippen LogP contribution in [-0.4, -0.2) is 28.9 Å². The SMILES string of the molecule is Cc1ccc(C(=O)N[C@H]2CC[C@@H](C(=O)O)C2)cc1NC(=O)c1ccccc1. The third-order valence-corrected chi connectivity index (χ3v) is 4.90. The molecule has 0 heterocycles. The number of benzene rings is 2. The van der Waals surface area contributed by atoms with Gasteiger partial charge in [-0.3, -0.25) is 14.4 Å². The maximum absolute atomic E-state index is 12.5. The Kier molecular flexibility index (Phi) is 5.54. The van der Waals surface area contributed by atoms with Gasteiger partial charge in [-0.15, -0.1) is 0 Å². The fourth-order valence-corrected chi connectivity index (χ4v) is 3.29. The molecular weight excluding hydrogens is 344 g/mol. The van der Waals surface area contributed by atoms with Crippen molar-refractivity contribution in [2.45, 2.75) is 32.2 Å². The molecule has 27 heavy (non-hydrogen) atoms. The molecule has 0 saturated heterocycles. The highest BCUT2D eigenvalue weighted by atomic mass is 16.4. The molecule has 1 aliphatic carbocycles. The maximum Gasteiger partial charge on any atom is 0.306 e. The number of anilines is 1. The van der Waals surface area contributed by atoms with E-state index in [4.69, 9.17) is 5.11 Å². The largest absolute Gasteiger partial charge is 0.481 e. The van der Waals surface area contributed by atoms with Crippen LogP contribution in [0.4, 0.5) is 5.69 Å². The van der Waals surface area contributed by atoms with Gasteiger partial charge < -0.3 is 15.7 Å². The van der Waals surface area contributed by atoms with Crippen LogP contribution in [0.3, 0.4) is 0 Å². The number of nitrogens with one attached hydrogen (secondary N) is 2. The summed E-state index contributed by atoms with van der Waals surface area (Å²) in [5.41, 5.74) is 2.40. The molecule has 0 radical (unpaired) electrons. The zero-order valence-corrected chi connectivity index (χ0v) is 15.1. The van der Waals surface area contributed by atoms with Crippen molar-refractivity contribution in [2.75, 3.05) is 5.32 Å². The highest BCUT2D eigenvalue weighted by molar-refractivity contribution is 6.05. The number of aryl methyl sites for hydroxylation is 1. The summed E-state index contributed by atoms with van der Waals surface area (Å²) in [4.78, 5) is 35.9. The van der Waals surface area contributed by atoms with Crippen molar-refractivity contribution in [3.8, 4) is 0 Å². The van der Waals surface area contributed by atoms with E-state index >= 15 is 0 Å². The lowest BCUT2D eigenvalue weighted by Crippen LogP contribution is -2.33. The van der Waals surface area contributed by atoms with Gasteiger partial charge in [-0.2, -0.15) is 0 Å². The second-order valence-corrected chi connectivity index (χ2v) is 6.87. The summed E-state index contributed by atoms with van der Waals surface area (Å²) in [5, 5.41) is 14.8. The van der Waals surface area contributed by atoms with Gasteiger partial charge in [0, 0.05) is 22.9 Å². The number of rotatable bonds is 5. The molecule has 6 nitrogen and oxygen atoms in total. The Morgan fingerprint density at radius 3 is 2.37 bits per heavy atom. The van der Waals surface area contributed by atoms with Gasteiger partial charge in [-0.05, 0) is 56.0 Å². The van der Waals surface area contributed by atoms with E-state index < -0.39 is 11.9 Å². The minimum absolute atomic E-state index is 0.137. The predicted octanol–water partition coefficient (Wildman–Crippen LogP) is 3.23. The molecule has 0 unspecified atom stereocenters. The standard InChI is InChI=1S/C21H22N2O4/c1-13-7-8-15(20(25)22-17-10-9-16(11-17)21(26)27)12-18(13)23-19(24)14-5-3-2-4-6-14/h2-8,12,16-17H,9-11H2,1H3,(H,22,25)(H,23,24)(H,26,27)/t16-,17+/m1/s1. The molecule has 0 aromatic heterocycles. The van der Waals surface area contributed by atoms with Crippen molar-refractivity contribution in [1.29, 1.82) is 0 Å². The number of amides is 2. The van der Waals surface area contributed by atoms with Gasteiger partial charge in [0.15, 0.2) is 0 Å². The highest BCUT2D eigenvalue weighted by Crippen LogP contribution is 2.26. The Morgan fingerprint density at radius 1 is 0.963 bits per heavy atom. The van der Waals surface area contributed by atoms with Gasteiger partial charge in [-0.25, -0.2) is 0 Å². The van der Waals surface area contributed by atoms with Crippen LogP contribution in [0.15, 0.2) is 48.5 Å². The first-order valence-electron chi connectivity index (χ1n) is 8.95. The Bertz CT molecular complexity index is 864. The Hall–Kier alpha value is -3.15. The first-order chi connectivity index (χ1) is 12.9. The minimum atomic E-state index is -0.812. The molecule has 0 bridgehead atoms. The molecule has 2 amide bonds. The van der Waals surface area contributed by atoms with E-state index in [9.17, 15) is 14.4 Å². The fraction of sp³-hybridized carbons (Fsp3) is 0.286. The molecule has 1 saturated carbocycles. The lowest BCUT2D eigenvalue weighted by Gasteiger charge is -2.14. The third kappa shape index (κ3) is 4.53. The minimum Gasteiger partial charge on any atom is -0.481 e. The van der Waals surface area contributed by atoms with Crippen molar-refractivity contribution in [1.82, 2.24) is 5.32 Å². The van der Waals surface area contributed by atoms with Crippen LogP contribution in [-0.2, 0) is 4.79 Å². The fourth-order valence-electron chi connectivity index (χ4n) is 3.29. The van der Waals surface area contributed by atoms with E-state index in [0.29, 0.717) is 36.1 Å². The van der Waals surface area contributed by atoms with Crippen molar-refractivity contribution >= 4 is 23.5 Å². The monoisotopic (exact) mass is 366 g/mol. The average molecular weight is 366 g/mol. The summed E-state index contributed by atoms with van der Waals surface area (Å²) in [6, 6.07) is 13.9. The first kappa shape index (κ1) is 18.6. The van der Waals surface area contributed by atoms with Crippen LogP contribution in [0, 0.1) is 12.8 Å². The number of aliphatic carboxylic acids is 1. The van der Waals surface area contributed by atoms with Crippen molar-refractivity contribution in [3.63, 3.8) is 0 Å². The summed E-state index contributed by atoms with van der Waals surface area (Å²) < 4.78 is 0. The summed E-state index contributed by atoms with van der Waals surface area (Å²) in [6.07, 6.45) is 1.68. The molecule has 3 rings (SSSR count). The van der Waals surface area contributed by atoms with E-state index in [-0.39, 0.29) is 17.9 Å². The number of hydrogen-bond donors (Lipinski definition) is 3. The van der Waals surface area contributed by atoms with Crippen LogP contribution >= 0.6 is 0 Å². The maximum atomic E-state index is 12.5. The van der Waals surface area contributed by atoms with Gasteiger partial charge in [0.2, 0.25) is 0 Å². The molecule has 3 N–H and O–H groups in total. The Balaban J connectivity index is 1.68. The lowest BCUT2D eigenvalue weighted by molar-refractivity contribution is -0.141. The molecule has 6 heteroatoms. The highest BCUT2D eigenvalue weighted by Gasteiger charge is 2.30. The number of hydrogen-bond acceptors (Lipinski definition) is 3. The summed E-state index contributed by atoms with van der Waals surface area (Å²) in [5.74, 6) is -1.71. The van der Waals surface area contributed by atoms with E-state index in [2.05, 4.69) is 10.6 Å². The van der Waals surface area contributed by atoms with E-state index in [1.54, 1.807) is 42.5 Å². The van der Waals surface area contributed by atoms with Gasteiger partial charge >= 0.3 is 5.97 Å². The third-order valence-electron chi connectivity index (χ3n) is 4.90. The molecule has 140 valence electrons. The normalized spacial score (nSPS) is 18.7. The van der Waals surface area contributed by atoms with Crippen LogP contribution < -0.4 is 10.6 Å². The second kappa shape index (κ2) is 8.03. The van der Waals surface area contributed by atoms with Crippen LogP contribution in [0.5, 0.6) is 0 Å². The molecule has 0 aliphatic heterocycles. The van der Waals surface area contributed by atoms with Crippen molar-refractivity contribution < 1.29 is 19.5 Å². The van der Waals surface area contributed by atoms with E-state index in [1.807, 2.05) is 13.0 Å². The van der Waals surface area contributed by atoms with Crippen molar-refractivity contribution in [3.05, 3.63) is 65.2 Å². The van der Waals surface area contributed by atoms with E-state index in [1.165, 1.54) is 0 Å². The van der Waals surface area contributed by atoms with Gasteiger partial charge in [-0.1, -0.05) is 24.3 Å². The first-order valence-corrected chi connectivity index (χ1v) is 8.95. The zero-order chi connectivity index (χ0) is 19.4. The Morgan fingerprint density at radius 2 is 1.70 bits per heavy atom. The zero-order valence-electron chi connectivity index (χ0n) is 15.1. The van der Waals surface area contributed by atoms with Crippen LogP contribution in [0.2, 0.25) is 0 Å². The molecular formula is C21H22N2O4. The van der Waals surface area contributed by atoms with Crippen LogP contribution in [0.25, 0.3) is 0 Å². The average Bonchev–Trinajstić information content (AvgIpc) is 3.13. The number of carbonyl (C=O) groups excluding carboxylic acids is 2. The number of carboxylic acid groups (broad SMARTS) is 1. The van der Waals surface area contributed by atoms with Gasteiger partial charge in [0.1, 0.15) is 0 Å². The summed E-state index contributed by atoms with van der Waals surface area (Å²) in [6.45, 7) is 1.86. The van der Waals surface area contributed by atoms with Gasteiger partial charge in [0.05, 0.1) is 5.92 Å². The smallest absolute Gasteiger partial charge is 0.306 e. The molecule has 2 atom stereocenters.